The molecule has 3 heteroatoms. The van der Waals surface area contributed by atoms with Crippen LogP contribution < -0.4 is 10.1 Å². The third-order valence-corrected chi connectivity index (χ3v) is 1.95. The maximum absolute atomic E-state index is 11.5. The Hall–Kier alpha value is -1.51. The highest BCUT2D eigenvalue weighted by Gasteiger charge is 2.05. The number of hydrogen-bond donors (Lipinski definition) is 1. The van der Waals surface area contributed by atoms with Gasteiger partial charge in [0.1, 0.15) is 5.75 Å². The van der Waals surface area contributed by atoms with E-state index in [9.17, 15) is 4.79 Å². The van der Waals surface area contributed by atoms with Crippen molar-refractivity contribution in [3.63, 3.8) is 0 Å². The molecule has 0 aliphatic carbocycles. The van der Waals surface area contributed by atoms with Crippen LogP contribution in [0, 0.1) is 0 Å². The molecule has 0 saturated carbocycles. The van der Waals surface area contributed by atoms with Gasteiger partial charge in [-0.3, -0.25) is 4.79 Å². The number of amides is 1. The van der Waals surface area contributed by atoms with E-state index >= 15 is 0 Å². The highest BCUT2D eigenvalue weighted by atomic mass is 16.5. The molecule has 0 aliphatic heterocycles. The van der Waals surface area contributed by atoms with Crippen molar-refractivity contribution in [1.82, 2.24) is 5.32 Å². The van der Waals surface area contributed by atoms with Gasteiger partial charge in [-0.05, 0) is 31.5 Å². The number of ether oxygens (including phenoxy) is 1. The largest absolute Gasteiger partial charge is 0.497 e. The molecule has 0 bridgehead atoms. The first kappa shape index (κ1) is 11.6. The van der Waals surface area contributed by atoms with Gasteiger partial charge in [-0.15, -0.1) is 0 Å². The average molecular weight is 207 g/mol. The second kappa shape index (κ2) is 5.39. The van der Waals surface area contributed by atoms with Gasteiger partial charge in [0, 0.05) is 6.04 Å². The standard InChI is InChI=1S/C12H17NO2/c1-9(2)13-12(14)8-10-5-4-6-11(7-10)15-3/h4-7,9H,8H2,1-3H3,(H,13,14). The van der Waals surface area contributed by atoms with E-state index in [1.165, 1.54) is 0 Å². The quantitative estimate of drug-likeness (QED) is 0.817. The smallest absolute Gasteiger partial charge is 0.224 e. The van der Waals surface area contributed by atoms with Crippen LogP contribution >= 0.6 is 0 Å². The summed E-state index contributed by atoms with van der Waals surface area (Å²) in [6.07, 6.45) is 0.398. The van der Waals surface area contributed by atoms with E-state index < -0.39 is 0 Å². The van der Waals surface area contributed by atoms with Gasteiger partial charge in [0.2, 0.25) is 5.91 Å². The number of carbonyl (C=O) groups excluding carboxylic acids is 1. The summed E-state index contributed by atoms with van der Waals surface area (Å²) in [7, 11) is 1.62. The molecule has 3 nitrogen and oxygen atoms in total. The molecule has 15 heavy (non-hydrogen) atoms. The third kappa shape index (κ3) is 4.02. The van der Waals surface area contributed by atoms with Crippen LogP contribution in [-0.2, 0) is 11.2 Å². The topological polar surface area (TPSA) is 38.3 Å². The van der Waals surface area contributed by atoms with Crippen molar-refractivity contribution in [3.8, 4) is 5.75 Å². The molecule has 0 heterocycles. The zero-order valence-corrected chi connectivity index (χ0v) is 9.41. The highest BCUT2D eigenvalue weighted by molar-refractivity contribution is 5.78. The summed E-state index contributed by atoms with van der Waals surface area (Å²) >= 11 is 0. The van der Waals surface area contributed by atoms with Crippen molar-refractivity contribution in [2.75, 3.05) is 7.11 Å². The first-order valence-corrected chi connectivity index (χ1v) is 5.04. The maximum Gasteiger partial charge on any atom is 0.224 e. The Morgan fingerprint density at radius 1 is 1.47 bits per heavy atom. The summed E-state index contributed by atoms with van der Waals surface area (Å²) < 4.78 is 5.09. The fraction of sp³-hybridized carbons (Fsp3) is 0.417. The van der Waals surface area contributed by atoms with E-state index in [-0.39, 0.29) is 11.9 Å². The van der Waals surface area contributed by atoms with Crippen LogP contribution in [0.1, 0.15) is 19.4 Å². The molecule has 1 aromatic rings. The Morgan fingerprint density at radius 2 is 2.20 bits per heavy atom. The van der Waals surface area contributed by atoms with Crippen molar-refractivity contribution >= 4 is 5.91 Å². The van der Waals surface area contributed by atoms with Crippen LogP contribution in [0.3, 0.4) is 0 Å². The molecule has 0 aliphatic rings. The highest BCUT2D eigenvalue weighted by Crippen LogP contribution is 2.12. The number of methoxy groups -OCH3 is 1. The van der Waals surface area contributed by atoms with Gasteiger partial charge in [0.05, 0.1) is 13.5 Å². The normalized spacial score (nSPS) is 10.1. The number of benzene rings is 1. The van der Waals surface area contributed by atoms with Crippen LogP contribution in [-0.4, -0.2) is 19.1 Å². The zero-order chi connectivity index (χ0) is 11.3. The van der Waals surface area contributed by atoms with Crippen molar-refractivity contribution < 1.29 is 9.53 Å². The van der Waals surface area contributed by atoms with Gasteiger partial charge < -0.3 is 10.1 Å². The molecule has 0 atom stereocenters. The van der Waals surface area contributed by atoms with Crippen molar-refractivity contribution in [1.29, 1.82) is 0 Å². The fourth-order valence-electron chi connectivity index (χ4n) is 1.34. The minimum absolute atomic E-state index is 0.0400. The monoisotopic (exact) mass is 207 g/mol. The molecule has 0 radical (unpaired) electrons. The van der Waals surface area contributed by atoms with E-state index in [4.69, 9.17) is 4.74 Å². The summed E-state index contributed by atoms with van der Waals surface area (Å²) in [5, 5.41) is 2.85. The van der Waals surface area contributed by atoms with Crippen LogP contribution in [0.5, 0.6) is 5.75 Å². The molecular formula is C12H17NO2. The Bertz CT molecular complexity index is 334. The van der Waals surface area contributed by atoms with Gasteiger partial charge in [0.15, 0.2) is 0 Å². The number of hydrogen-bond acceptors (Lipinski definition) is 2. The Kier molecular flexibility index (Phi) is 4.16. The second-order valence-electron chi connectivity index (χ2n) is 3.75. The van der Waals surface area contributed by atoms with Gasteiger partial charge in [-0.25, -0.2) is 0 Å². The van der Waals surface area contributed by atoms with Crippen molar-refractivity contribution in [2.24, 2.45) is 0 Å². The lowest BCUT2D eigenvalue weighted by Gasteiger charge is -2.08. The van der Waals surface area contributed by atoms with E-state index in [1.807, 2.05) is 38.1 Å². The number of nitrogens with one attached hydrogen (secondary N) is 1. The molecule has 82 valence electrons. The van der Waals surface area contributed by atoms with Gasteiger partial charge in [-0.1, -0.05) is 12.1 Å². The maximum atomic E-state index is 11.5. The Labute approximate surface area is 90.4 Å². The molecule has 1 N–H and O–H groups in total. The lowest BCUT2D eigenvalue weighted by molar-refractivity contribution is -0.120. The minimum atomic E-state index is 0.0400. The summed E-state index contributed by atoms with van der Waals surface area (Å²) in [6.45, 7) is 3.90. The molecule has 0 spiro atoms. The molecule has 1 amide bonds. The van der Waals surface area contributed by atoms with Crippen LogP contribution in [0.15, 0.2) is 24.3 Å². The fourth-order valence-corrected chi connectivity index (χ4v) is 1.34. The van der Waals surface area contributed by atoms with E-state index in [0.717, 1.165) is 11.3 Å². The third-order valence-electron chi connectivity index (χ3n) is 1.95. The summed E-state index contributed by atoms with van der Waals surface area (Å²) in [4.78, 5) is 11.5. The zero-order valence-electron chi connectivity index (χ0n) is 9.41. The Balaban J connectivity index is 2.60. The SMILES string of the molecule is COc1cccc(CC(=O)NC(C)C)c1. The molecular weight excluding hydrogens is 190 g/mol. The first-order valence-electron chi connectivity index (χ1n) is 5.04. The van der Waals surface area contributed by atoms with E-state index in [2.05, 4.69) is 5.32 Å². The Morgan fingerprint density at radius 3 is 2.80 bits per heavy atom. The molecule has 0 saturated heterocycles. The molecule has 0 aromatic heterocycles. The number of carbonyl (C=O) groups is 1. The number of rotatable bonds is 4. The lowest BCUT2D eigenvalue weighted by Crippen LogP contribution is -2.31. The van der Waals surface area contributed by atoms with Crippen molar-refractivity contribution in [3.05, 3.63) is 29.8 Å². The molecule has 0 fully saturated rings. The molecule has 0 unspecified atom stereocenters. The lowest BCUT2D eigenvalue weighted by atomic mass is 10.1. The van der Waals surface area contributed by atoms with Gasteiger partial charge in [-0.2, -0.15) is 0 Å². The van der Waals surface area contributed by atoms with Gasteiger partial charge in [0.25, 0.3) is 0 Å². The van der Waals surface area contributed by atoms with Gasteiger partial charge >= 0.3 is 0 Å². The average Bonchev–Trinajstić information content (AvgIpc) is 2.16. The summed E-state index contributed by atoms with van der Waals surface area (Å²) in [5.74, 6) is 0.822. The van der Waals surface area contributed by atoms with Crippen LogP contribution in [0.2, 0.25) is 0 Å². The van der Waals surface area contributed by atoms with E-state index in [1.54, 1.807) is 7.11 Å². The van der Waals surface area contributed by atoms with Crippen LogP contribution in [0.25, 0.3) is 0 Å². The molecule has 1 aromatic carbocycles. The predicted molar refractivity (Wildman–Crippen MR) is 60.0 cm³/mol. The van der Waals surface area contributed by atoms with Crippen LogP contribution in [0.4, 0.5) is 0 Å². The summed E-state index contributed by atoms with van der Waals surface area (Å²) in [5.41, 5.74) is 0.965. The van der Waals surface area contributed by atoms with Crippen molar-refractivity contribution in [2.45, 2.75) is 26.3 Å². The second-order valence-corrected chi connectivity index (χ2v) is 3.75. The summed E-state index contributed by atoms with van der Waals surface area (Å²) in [6, 6.07) is 7.73. The minimum Gasteiger partial charge on any atom is -0.497 e. The first-order chi connectivity index (χ1) is 7.11. The van der Waals surface area contributed by atoms with E-state index in [0.29, 0.717) is 6.42 Å². The predicted octanol–water partition coefficient (Wildman–Crippen LogP) is 1.76. The molecule has 1 rings (SSSR count).